The first-order chi connectivity index (χ1) is 13.1. The van der Waals surface area contributed by atoms with Crippen LogP contribution < -0.4 is 20.3 Å². The van der Waals surface area contributed by atoms with Gasteiger partial charge in [-0.15, -0.1) is 24.0 Å². The van der Waals surface area contributed by atoms with Crippen LogP contribution in [0.25, 0.3) is 0 Å². The third kappa shape index (κ3) is 5.43. The normalized spacial score (nSPS) is 16.5. The summed E-state index contributed by atoms with van der Waals surface area (Å²) in [5, 5.41) is 6.49. The minimum absolute atomic E-state index is 0. The molecule has 1 fully saturated rings. The van der Waals surface area contributed by atoms with E-state index in [0.29, 0.717) is 31.4 Å². The zero-order chi connectivity index (χ0) is 19.2. The highest BCUT2D eigenvalue weighted by atomic mass is 127. The number of hydrogen-bond donors (Lipinski definition) is 2. The number of halogens is 3. The Kier molecular flexibility index (Phi) is 8.21. The van der Waals surface area contributed by atoms with Gasteiger partial charge in [-0.2, -0.15) is 0 Å². The summed E-state index contributed by atoms with van der Waals surface area (Å²) in [5.74, 6) is 0.484. The first kappa shape index (κ1) is 22.1. The Bertz CT molecular complexity index is 821. The molecule has 1 aromatic heterocycles. The Hall–Kier alpha value is -2.17. The van der Waals surface area contributed by atoms with Gasteiger partial charge in [0.05, 0.1) is 7.11 Å². The Morgan fingerprint density at radius 1 is 1.32 bits per heavy atom. The first-order valence-corrected chi connectivity index (χ1v) is 8.75. The predicted molar refractivity (Wildman–Crippen MR) is 117 cm³/mol. The molecule has 28 heavy (non-hydrogen) atoms. The second-order valence-corrected chi connectivity index (χ2v) is 6.28. The Labute approximate surface area is 180 Å². The van der Waals surface area contributed by atoms with Gasteiger partial charge in [0.1, 0.15) is 0 Å². The molecular formula is C19H24F2IN5O. The van der Waals surface area contributed by atoms with E-state index in [-0.39, 0.29) is 41.6 Å². The molecule has 9 heteroatoms. The molecule has 0 bridgehead atoms. The number of benzene rings is 1. The SMILES string of the molecule is CN=C(NCc1ccc(OC)c(F)c1)NC1CCN(c2ncccc2F)C1.I. The van der Waals surface area contributed by atoms with E-state index in [4.69, 9.17) is 4.74 Å². The van der Waals surface area contributed by atoms with Gasteiger partial charge in [0.25, 0.3) is 0 Å². The lowest BCUT2D eigenvalue weighted by Crippen LogP contribution is -2.44. The molecule has 1 aliphatic rings. The van der Waals surface area contributed by atoms with Crippen LogP contribution in [0.1, 0.15) is 12.0 Å². The summed E-state index contributed by atoms with van der Waals surface area (Å²) >= 11 is 0. The average Bonchev–Trinajstić information content (AvgIpc) is 3.14. The van der Waals surface area contributed by atoms with Crippen LogP contribution in [-0.2, 0) is 6.54 Å². The molecular weight excluding hydrogens is 479 g/mol. The van der Waals surface area contributed by atoms with Gasteiger partial charge in [0.2, 0.25) is 0 Å². The lowest BCUT2D eigenvalue weighted by molar-refractivity contribution is 0.386. The summed E-state index contributed by atoms with van der Waals surface area (Å²) in [6, 6.07) is 7.93. The molecule has 1 aromatic carbocycles. The number of methoxy groups -OCH3 is 1. The third-order valence-electron chi connectivity index (χ3n) is 4.47. The highest BCUT2D eigenvalue weighted by Crippen LogP contribution is 2.21. The van der Waals surface area contributed by atoms with Crippen molar-refractivity contribution in [3.05, 3.63) is 53.7 Å². The molecule has 0 spiro atoms. The van der Waals surface area contributed by atoms with Gasteiger partial charge in [-0.05, 0) is 36.2 Å². The second-order valence-electron chi connectivity index (χ2n) is 6.28. The number of aromatic nitrogens is 1. The maximum absolute atomic E-state index is 13.9. The average molecular weight is 503 g/mol. The Balaban J connectivity index is 0.00000280. The van der Waals surface area contributed by atoms with Gasteiger partial charge in [-0.3, -0.25) is 4.99 Å². The van der Waals surface area contributed by atoms with Crippen LogP contribution in [0.5, 0.6) is 5.75 Å². The number of rotatable bonds is 5. The summed E-state index contributed by atoms with van der Waals surface area (Å²) in [7, 11) is 3.11. The van der Waals surface area contributed by atoms with Gasteiger partial charge in [-0.1, -0.05) is 6.07 Å². The predicted octanol–water partition coefficient (Wildman–Crippen LogP) is 2.93. The third-order valence-corrected chi connectivity index (χ3v) is 4.47. The molecule has 6 nitrogen and oxygen atoms in total. The molecule has 152 valence electrons. The summed E-state index contributed by atoms with van der Waals surface area (Å²) in [5.41, 5.74) is 0.778. The number of anilines is 1. The fraction of sp³-hybridized carbons (Fsp3) is 0.368. The number of aliphatic imine (C=N–C) groups is 1. The van der Waals surface area contributed by atoms with Gasteiger partial charge in [0.15, 0.2) is 29.2 Å². The zero-order valence-electron chi connectivity index (χ0n) is 15.8. The number of ether oxygens (including phenoxy) is 1. The van der Waals surface area contributed by atoms with Crippen molar-refractivity contribution in [1.82, 2.24) is 15.6 Å². The van der Waals surface area contributed by atoms with Crippen molar-refractivity contribution in [3.63, 3.8) is 0 Å². The fourth-order valence-corrected chi connectivity index (χ4v) is 3.07. The Morgan fingerprint density at radius 2 is 2.14 bits per heavy atom. The van der Waals surface area contributed by atoms with E-state index in [1.807, 2.05) is 4.90 Å². The van der Waals surface area contributed by atoms with Crippen LogP contribution in [0.2, 0.25) is 0 Å². The van der Waals surface area contributed by atoms with Crippen molar-refractivity contribution >= 4 is 35.8 Å². The maximum Gasteiger partial charge on any atom is 0.191 e. The van der Waals surface area contributed by atoms with Gasteiger partial charge in [-0.25, -0.2) is 13.8 Å². The van der Waals surface area contributed by atoms with Crippen LogP contribution in [0.4, 0.5) is 14.6 Å². The quantitative estimate of drug-likeness (QED) is 0.374. The van der Waals surface area contributed by atoms with Crippen LogP contribution in [0, 0.1) is 11.6 Å². The maximum atomic E-state index is 13.9. The highest BCUT2D eigenvalue weighted by molar-refractivity contribution is 14.0. The van der Waals surface area contributed by atoms with Crippen LogP contribution in [0.3, 0.4) is 0 Å². The van der Waals surface area contributed by atoms with Crippen molar-refractivity contribution < 1.29 is 13.5 Å². The minimum Gasteiger partial charge on any atom is -0.494 e. The lowest BCUT2D eigenvalue weighted by atomic mass is 10.2. The molecule has 2 heterocycles. The van der Waals surface area contributed by atoms with E-state index in [2.05, 4.69) is 20.6 Å². The molecule has 1 saturated heterocycles. The summed E-state index contributed by atoms with van der Waals surface area (Å²) in [4.78, 5) is 10.2. The van der Waals surface area contributed by atoms with E-state index in [9.17, 15) is 8.78 Å². The van der Waals surface area contributed by atoms with E-state index in [1.54, 1.807) is 31.4 Å². The van der Waals surface area contributed by atoms with E-state index in [0.717, 1.165) is 12.0 Å². The molecule has 1 unspecified atom stereocenters. The molecule has 3 rings (SSSR count). The zero-order valence-corrected chi connectivity index (χ0v) is 18.1. The standard InChI is InChI=1S/C19H23F2N5O.HI/c1-22-19(24-11-13-5-6-17(27-2)16(21)10-13)25-14-7-9-26(12-14)18-15(20)4-3-8-23-18;/h3-6,8,10,14H,7,9,11-12H2,1-2H3,(H2,22,24,25);1H. The van der Waals surface area contributed by atoms with E-state index >= 15 is 0 Å². The van der Waals surface area contributed by atoms with Crippen molar-refractivity contribution in [2.45, 2.75) is 19.0 Å². The van der Waals surface area contributed by atoms with Gasteiger partial charge >= 0.3 is 0 Å². The van der Waals surface area contributed by atoms with E-state index in [1.165, 1.54) is 19.2 Å². The second kappa shape index (κ2) is 10.4. The number of nitrogens with one attached hydrogen (secondary N) is 2. The molecule has 0 saturated carbocycles. The van der Waals surface area contributed by atoms with Crippen LogP contribution >= 0.6 is 24.0 Å². The highest BCUT2D eigenvalue weighted by Gasteiger charge is 2.25. The monoisotopic (exact) mass is 503 g/mol. The van der Waals surface area contributed by atoms with Crippen molar-refractivity contribution in [2.24, 2.45) is 4.99 Å². The van der Waals surface area contributed by atoms with E-state index < -0.39 is 5.82 Å². The summed E-state index contributed by atoms with van der Waals surface area (Å²) in [6.45, 7) is 1.77. The Morgan fingerprint density at radius 3 is 2.82 bits per heavy atom. The number of hydrogen-bond acceptors (Lipinski definition) is 4. The van der Waals surface area contributed by atoms with Crippen molar-refractivity contribution in [2.75, 3.05) is 32.1 Å². The van der Waals surface area contributed by atoms with Crippen molar-refractivity contribution in [3.8, 4) is 5.75 Å². The number of nitrogens with zero attached hydrogens (tertiary/aromatic N) is 3. The molecule has 0 radical (unpaired) electrons. The van der Waals surface area contributed by atoms with Crippen LogP contribution in [-0.4, -0.2) is 44.2 Å². The van der Waals surface area contributed by atoms with Crippen molar-refractivity contribution in [1.29, 1.82) is 0 Å². The molecule has 1 aliphatic heterocycles. The molecule has 0 amide bonds. The molecule has 2 N–H and O–H groups in total. The summed E-state index contributed by atoms with van der Waals surface area (Å²) < 4.78 is 32.6. The largest absolute Gasteiger partial charge is 0.494 e. The molecule has 0 aliphatic carbocycles. The van der Waals surface area contributed by atoms with Crippen LogP contribution in [0.15, 0.2) is 41.5 Å². The molecule has 2 aromatic rings. The molecule has 1 atom stereocenters. The minimum atomic E-state index is -0.399. The fourth-order valence-electron chi connectivity index (χ4n) is 3.07. The number of guanidine groups is 1. The van der Waals surface area contributed by atoms with Gasteiger partial charge in [0, 0.05) is 38.9 Å². The topological polar surface area (TPSA) is 61.8 Å². The summed E-state index contributed by atoms with van der Waals surface area (Å²) in [6.07, 6.45) is 2.43. The number of pyridine rings is 1. The lowest BCUT2D eigenvalue weighted by Gasteiger charge is -2.20. The first-order valence-electron chi connectivity index (χ1n) is 8.75. The van der Waals surface area contributed by atoms with Gasteiger partial charge < -0.3 is 20.3 Å². The smallest absolute Gasteiger partial charge is 0.191 e.